The van der Waals surface area contributed by atoms with E-state index in [-0.39, 0.29) is 11.6 Å². The molecule has 8 heteroatoms. The first-order valence-corrected chi connectivity index (χ1v) is 8.95. The van der Waals surface area contributed by atoms with Crippen LogP contribution in [0, 0.1) is 12.7 Å². The molecular formula is C18H18FN5OS. The number of carbonyl (C=O) groups is 1. The van der Waals surface area contributed by atoms with Crippen molar-refractivity contribution in [1.29, 1.82) is 0 Å². The van der Waals surface area contributed by atoms with Gasteiger partial charge in [0.25, 0.3) is 5.91 Å². The number of aryl methyl sites for hydroxylation is 1. The average molecular weight is 371 g/mol. The second-order valence-corrected chi connectivity index (χ2v) is 7.60. The Kier molecular flexibility index (Phi) is 5.32. The summed E-state index contributed by atoms with van der Waals surface area (Å²) in [5.74, 6) is -0.295. The fraction of sp³-hybridized carbons (Fsp3) is 0.222. The van der Waals surface area contributed by atoms with Crippen molar-refractivity contribution in [2.45, 2.75) is 30.9 Å². The summed E-state index contributed by atoms with van der Waals surface area (Å²) in [6.45, 7) is 5.90. The number of tetrazole rings is 1. The van der Waals surface area contributed by atoms with Gasteiger partial charge in [-0.25, -0.2) is 4.39 Å². The molecule has 1 amide bonds. The Hall–Kier alpha value is -2.74. The average Bonchev–Trinajstić information content (AvgIpc) is 3.02. The fourth-order valence-electron chi connectivity index (χ4n) is 2.37. The Morgan fingerprint density at radius 1 is 1.19 bits per heavy atom. The van der Waals surface area contributed by atoms with E-state index in [1.165, 1.54) is 22.9 Å². The molecule has 26 heavy (non-hydrogen) atoms. The molecule has 0 aliphatic rings. The van der Waals surface area contributed by atoms with Crippen LogP contribution in [0.3, 0.4) is 0 Å². The predicted octanol–water partition coefficient (Wildman–Crippen LogP) is 3.86. The van der Waals surface area contributed by atoms with Gasteiger partial charge >= 0.3 is 0 Å². The van der Waals surface area contributed by atoms with E-state index < -0.39 is 5.82 Å². The molecule has 3 rings (SSSR count). The highest BCUT2D eigenvalue weighted by Crippen LogP contribution is 2.24. The van der Waals surface area contributed by atoms with Crippen LogP contribution in [0.1, 0.15) is 30.0 Å². The molecule has 1 heterocycles. The first-order chi connectivity index (χ1) is 12.4. The van der Waals surface area contributed by atoms with Crippen molar-refractivity contribution < 1.29 is 9.18 Å². The number of benzene rings is 2. The summed E-state index contributed by atoms with van der Waals surface area (Å²) in [7, 11) is 0. The van der Waals surface area contributed by atoms with E-state index in [0.717, 1.165) is 4.90 Å². The number of aromatic nitrogens is 4. The summed E-state index contributed by atoms with van der Waals surface area (Å²) < 4.78 is 15.4. The normalized spacial score (nSPS) is 11.0. The van der Waals surface area contributed by atoms with E-state index in [1.54, 1.807) is 30.8 Å². The van der Waals surface area contributed by atoms with Gasteiger partial charge < -0.3 is 5.32 Å². The summed E-state index contributed by atoms with van der Waals surface area (Å²) in [5.41, 5.74) is 1.17. The van der Waals surface area contributed by atoms with Crippen LogP contribution < -0.4 is 5.32 Å². The number of rotatable bonds is 5. The van der Waals surface area contributed by atoms with Gasteiger partial charge in [-0.15, -0.1) is 16.9 Å². The summed E-state index contributed by atoms with van der Waals surface area (Å²) in [4.78, 5) is 13.5. The van der Waals surface area contributed by atoms with Gasteiger partial charge in [0, 0.05) is 21.4 Å². The number of hydrogen-bond acceptors (Lipinski definition) is 5. The van der Waals surface area contributed by atoms with E-state index in [1.807, 2.05) is 12.1 Å². The summed E-state index contributed by atoms with van der Waals surface area (Å²) >= 11 is 1.73. The van der Waals surface area contributed by atoms with Crippen molar-refractivity contribution in [3.05, 3.63) is 59.7 Å². The lowest BCUT2D eigenvalue weighted by Crippen LogP contribution is -2.12. The van der Waals surface area contributed by atoms with Crippen molar-refractivity contribution in [2.24, 2.45) is 0 Å². The first kappa shape index (κ1) is 18.1. The monoisotopic (exact) mass is 371 g/mol. The molecule has 3 aromatic rings. The van der Waals surface area contributed by atoms with Crippen LogP contribution in [0.4, 0.5) is 10.1 Å². The molecule has 0 aliphatic carbocycles. The van der Waals surface area contributed by atoms with E-state index >= 15 is 0 Å². The van der Waals surface area contributed by atoms with Gasteiger partial charge in [0.05, 0.1) is 0 Å². The molecule has 0 aliphatic heterocycles. The van der Waals surface area contributed by atoms with Crippen molar-refractivity contribution in [1.82, 2.24) is 20.2 Å². The molecule has 0 radical (unpaired) electrons. The van der Waals surface area contributed by atoms with Gasteiger partial charge in [0.15, 0.2) is 5.82 Å². The van der Waals surface area contributed by atoms with Crippen LogP contribution in [0.15, 0.2) is 47.4 Å². The van der Waals surface area contributed by atoms with Crippen molar-refractivity contribution in [2.75, 3.05) is 5.32 Å². The third kappa shape index (κ3) is 4.08. The minimum atomic E-state index is -0.478. The van der Waals surface area contributed by atoms with Crippen molar-refractivity contribution >= 4 is 23.4 Å². The lowest BCUT2D eigenvalue weighted by Gasteiger charge is -2.10. The zero-order valence-corrected chi connectivity index (χ0v) is 15.4. The van der Waals surface area contributed by atoms with E-state index in [0.29, 0.717) is 22.3 Å². The fourth-order valence-corrected chi connectivity index (χ4v) is 3.20. The molecule has 2 aromatic carbocycles. The first-order valence-electron chi connectivity index (χ1n) is 8.07. The van der Waals surface area contributed by atoms with Crippen molar-refractivity contribution in [3.63, 3.8) is 0 Å². The van der Waals surface area contributed by atoms with Crippen LogP contribution in [0.5, 0.6) is 0 Å². The number of thioether (sulfide) groups is 1. The molecule has 1 N–H and O–H groups in total. The van der Waals surface area contributed by atoms with Crippen LogP contribution in [-0.4, -0.2) is 31.4 Å². The number of amides is 1. The highest BCUT2D eigenvalue weighted by Gasteiger charge is 2.12. The van der Waals surface area contributed by atoms with Crippen LogP contribution in [0.25, 0.3) is 5.69 Å². The number of carbonyl (C=O) groups excluding carboxylic acids is 1. The molecule has 134 valence electrons. The predicted molar refractivity (Wildman–Crippen MR) is 99.2 cm³/mol. The Morgan fingerprint density at radius 2 is 1.92 bits per heavy atom. The van der Waals surface area contributed by atoms with E-state index in [9.17, 15) is 9.18 Å². The Balaban J connectivity index is 1.78. The molecular weight excluding hydrogens is 353 g/mol. The molecule has 1 aromatic heterocycles. The molecule has 0 spiro atoms. The Bertz CT molecular complexity index is 924. The number of nitrogens with zero attached hydrogens (tertiary/aromatic N) is 4. The summed E-state index contributed by atoms with van der Waals surface area (Å²) in [6.07, 6.45) is 0. The van der Waals surface area contributed by atoms with Gasteiger partial charge in [-0.1, -0.05) is 13.8 Å². The number of hydrogen-bond donors (Lipinski definition) is 1. The lowest BCUT2D eigenvalue weighted by atomic mass is 10.2. The maximum atomic E-state index is 14.1. The van der Waals surface area contributed by atoms with Gasteiger partial charge in [0.2, 0.25) is 0 Å². The highest BCUT2D eigenvalue weighted by molar-refractivity contribution is 7.99. The topological polar surface area (TPSA) is 72.7 Å². The van der Waals surface area contributed by atoms with Crippen LogP contribution >= 0.6 is 11.8 Å². The molecule has 0 fully saturated rings. The maximum Gasteiger partial charge on any atom is 0.255 e. The summed E-state index contributed by atoms with van der Waals surface area (Å²) in [5, 5.41) is 14.3. The third-order valence-corrected chi connectivity index (χ3v) is 4.56. The van der Waals surface area contributed by atoms with Gasteiger partial charge in [-0.2, -0.15) is 4.68 Å². The number of anilines is 1. The maximum absolute atomic E-state index is 14.1. The van der Waals surface area contributed by atoms with Gasteiger partial charge in [-0.3, -0.25) is 4.79 Å². The SMILES string of the molecule is Cc1nnnn1-c1cc(NC(=O)c2ccc(SC(C)C)cc2)ccc1F. The second-order valence-electron chi connectivity index (χ2n) is 5.95. The molecule has 0 atom stereocenters. The van der Waals surface area contributed by atoms with Crippen molar-refractivity contribution in [3.8, 4) is 5.69 Å². The summed E-state index contributed by atoms with van der Waals surface area (Å²) in [6, 6.07) is 11.7. The quantitative estimate of drug-likeness (QED) is 0.690. The van der Waals surface area contributed by atoms with E-state index in [4.69, 9.17) is 0 Å². The van der Waals surface area contributed by atoms with Crippen LogP contribution in [-0.2, 0) is 0 Å². The standard InChI is InChI=1S/C18H18FN5OS/c1-11(2)26-15-7-4-13(5-8-15)18(25)20-14-6-9-16(19)17(10-14)24-12(3)21-22-23-24/h4-11H,1-3H3,(H,20,25). The molecule has 0 saturated heterocycles. The number of halogens is 1. The molecule has 6 nitrogen and oxygen atoms in total. The molecule has 0 saturated carbocycles. The van der Waals surface area contributed by atoms with E-state index in [2.05, 4.69) is 34.7 Å². The smallest absolute Gasteiger partial charge is 0.255 e. The zero-order valence-electron chi connectivity index (χ0n) is 14.6. The highest BCUT2D eigenvalue weighted by atomic mass is 32.2. The van der Waals surface area contributed by atoms with Gasteiger partial charge in [-0.05, 0) is 59.8 Å². The molecule has 0 unspecified atom stereocenters. The second kappa shape index (κ2) is 7.65. The lowest BCUT2D eigenvalue weighted by molar-refractivity contribution is 0.102. The zero-order chi connectivity index (χ0) is 18.7. The molecule has 0 bridgehead atoms. The number of nitrogens with one attached hydrogen (secondary N) is 1. The Morgan fingerprint density at radius 3 is 2.54 bits per heavy atom. The Labute approximate surface area is 154 Å². The third-order valence-electron chi connectivity index (χ3n) is 3.55. The minimum absolute atomic E-state index is 0.175. The van der Waals surface area contributed by atoms with Gasteiger partial charge in [0.1, 0.15) is 11.5 Å². The minimum Gasteiger partial charge on any atom is -0.322 e. The van der Waals surface area contributed by atoms with Crippen LogP contribution in [0.2, 0.25) is 0 Å². The largest absolute Gasteiger partial charge is 0.322 e.